The minimum absolute atomic E-state index is 0.481. The Morgan fingerprint density at radius 3 is 1.18 bits per heavy atom. The minimum Gasteiger partial charge on any atom is -0.508 e. The predicted octanol–water partition coefficient (Wildman–Crippen LogP) is 4.80. The van der Waals surface area contributed by atoms with Crippen molar-refractivity contribution >= 4 is 0 Å². The molecule has 0 atom stereocenters. The van der Waals surface area contributed by atoms with E-state index in [2.05, 4.69) is 0 Å². The Morgan fingerprint density at radius 2 is 0.909 bits per heavy atom. The van der Waals surface area contributed by atoms with Crippen LogP contribution in [0.5, 0.6) is 11.5 Å². The van der Waals surface area contributed by atoms with Crippen molar-refractivity contribution in [2.75, 3.05) is 0 Å². The van der Waals surface area contributed by atoms with Crippen LogP contribution in [-0.2, 0) is 12.4 Å². The molecule has 118 valence electrons. The van der Waals surface area contributed by atoms with Gasteiger partial charge < -0.3 is 10.2 Å². The highest BCUT2D eigenvalue weighted by Gasteiger charge is 2.38. The Bertz CT molecular complexity index is 642. The molecule has 0 aliphatic rings. The van der Waals surface area contributed by atoms with Crippen LogP contribution < -0.4 is 0 Å². The van der Waals surface area contributed by atoms with Crippen molar-refractivity contribution in [1.82, 2.24) is 0 Å². The number of alkyl halides is 6. The SMILES string of the molecule is Oc1ccc(C(F)(F)F)c(-c2cc(O)ccc2C(F)(F)F)c1. The molecular formula is C14H8F6O2. The van der Waals surface area contributed by atoms with Gasteiger partial charge in [0.05, 0.1) is 11.1 Å². The Balaban J connectivity index is 2.82. The molecule has 8 heteroatoms. The van der Waals surface area contributed by atoms with Crippen molar-refractivity contribution < 1.29 is 36.6 Å². The van der Waals surface area contributed by atoms with Crippen LogP contribution in [0, 0.1) is 0 Å². The van der Waals surface area contributed by atoms with Gasteiger partial charge in [-0.25, -0.2) is 0 Å². The van der Waals surface area contributed by atoms with E-state index in [0.717, 1.165) is 12.1 Å². The zero-order valence-electron chi connectivity index (χ0n) is 10.6. The van der Waals surface area contributed by atoms with Crippen LogP contribution in [0.15, 0.2) is 36.4 Å². The van der Waals surface area contributed by atoms with Gasteiger partial charge in [-0.3, -0.25) is 0 Å². The second-order valence-corrected chi connectivity index (χ2v) is 4.46. The first-order valence-electron chi connectivity index (χ1n) is 5.81. The molecule has 0 unspecified atom stereocenters. The zero-order chi connectivity index (χ0) is 16.7. The van der Waals surface area contributed by atoms with E-state index in [1.807, 2.05) is 0 Å². The van der Waals surface area contributed by atoms with Crippen molar-refractivity contribution in [3.8, 4) is 22.6 Å². The topological polar surface area (TPSA) is 40.5 Å². The van der Waals surface area contributed by atoms with E-state index in [1.54, 1.807) is 0 Å². The van der Waals surface area contributed by atoms with Crippen molar-refractivity contribution in [3.05, 3.63) is 47.5 Å². The lowest BCUT2D eigenvalue weighted by atomic mass is 9.94. The average molecular weight is 322 g/mol. The summed E-state index contributed by atoms with van der Waals surface area (Å²) in [5.41, 5.74) is -4.42. The van der Waals surface area contributed by atoms with Crippen LogP contribution in [0.1, 0.15) is 11.1 Å². The molecule has 0 radical (unpaired) electrons. The van der Waals surface area contributed by atoms with E-state index in [9.17, 15) is 36.6 Å². The molecule has 0 aromatic heterocycles. The number of hydrogen-bond donors (Lipinski definition) is 2. The summed E-state index contributed by atoms with van der Waals surface area (Å²) >= 11 is 0. The van der Waals surface area contributed by atoms with Gasteiger partial charge in [-0.1, -0.05) is 0 Å². The number of phenols is 2. The molecule has 0 saturated heterocycles. The molecule has 2 nitrogen and oxygen atoms in total. The lowest BCUT2D eigenvalue weighted by Gasteiger charge is -2.18. The maximum atomic E-state index is 13.0. The Kier molecular flexibility index (Phi) is 3.72. The fraction of sp³-hybridized carbons (Fsp3) is 0.143. The van der Waals surface area contributed by atoms with E-state index in [0.29, 0.717) is 24.3 Å². The highest BCUT2D eigenvalue weighted by Crippen LogP contribution is 2.44. The van der Waals surface area contributed by atoms with Crippen LogP contribution in [-0.4, -0.2) is 10.2 Å². The smallest absolute Gasteiger partial charge is 0.417 e. The summed E-state index contributed by atoms with van der Waals surface area (Å²) in [6.07, 6.45) is -9.84. The van der Waals surface area contributed by atoms with Gasteiger partial charge in [-0.2, -0.15) is 26.3 Å². The van der Waals surface area contributed by atoms with Crippen LogP contribution in [0.2, 0.25) is 0 Å². The summed E-state index contributed by atoms with van der Waals surface area (Å²) in [7, 11) is 0. The summed E-state index contributed by atoms with van der Waals surface area (Å²) in [5.74, 6) is -1.25. The van der Waals surface area contributed by atoms with Crippen LogP contribution in [0.3, 0.4) is 0 Å². The van der Waals surface area contributed by atoms with Crippen molar-refractivity contribution in [2.24, 2.45) is 0 Å². The quantitative estimate of drug-likeness (QED) is 0.740. The molecule has 0 fully saturated rings. The first kappa shape index (κ1) is 16.0. The van der Waals surface area contributed by atoms with E-state index in [-0.39, 0.29) is 0 Å². The molecule has 22 heavy (non-hydrogen) atoms. The first-order chi connectivity index (χ1) is 10.00. The van der Waals surface area contributed by atoms with Crippen molar-refractivity contribution in [1.29, 1.82) is 0 Å². The van der Waals surface area contributed by atoms with Gasteiger partial charge >= 0.3 is 12.4 Å². The molecule has 0 spiro atoms. The average Bonchev–Trinajstić information content (AvgIpc) is 2.35. The molecule has 0 bridgehead atoms. The fourth-order valence-corrected chi connectivity index (χ4v) is 2.00. The number of halogens is 6. The predicted molar refractivity (Wildman–Crippen MR) is 65.2 cm³/mol. The van der Waals surface area contributed by atoms with Gasteiger partial charge in [0, 0.05) is 0 Å². The van der Waals surface area contributed by atoms with Gasteiger partial charge in [0.25, 0.3) is 0 Å². The highest BCUT2D eigenvalue weighted by atomic mass is 19.4. The van der Waals surface area contributed by atoms with Crippen LogP contribution in [0.25, 0.3) is 11.1 Å². The molecule has 2 rings (SSSR count). The van der Waals surface area contributed by atoms with Gasteiger partial charge in [-0.15, -0.1) is 0 Å². The van der Waals surface area contributed by atoms with Gasteiger partial charge in [-0.05, 0) is 47.5 Å². The number of hydrogen-bond acceptors (Lipinski definition) is 2. The standard InChI is InChI=1S/C14H8F6O2/c15-13(16,17)11-3-1-7(21)5-9(11)10-6-8(22)2-4-12(10)14(18,19)20/h1-6,21-22H. The Labute approximate surface area is 120 Å². The van der Waals surface area contributed by atoms with Crippen LogP contribution >= 0.6 is 0 Å². The normalized spacial score (nSPS) is 12.5. The molecule has 2 N–H and O–H groups in total. The molecule has 0 heterocycles. The maximum Gasteiger partial charge on any atom is 0.417 e. The number of rotatable bonds is 1. The summed E-state index contributed by atoms with van der Waals surface area (Å²) in [6.45, 7) is 0. The molecule has 0 saturated carbocycles. The number of phenolic OH excluding ortho intramolecular Hbond substituents is 2. The van der Waals surface area contributed by atoms with Gasteiger partial charge in [0.2, 0.25) is 0 Å². The molecule has 0 aliphatic carbocycles. The largest absolute Gasteiger partial charge is 0.508 e. The third-order valence-electron chi connectivity index (χ3n) is 2.91. The molecule has 0 aliphatic heterocycles. The fourth-order valence-electron chi connectivity index (χ4n) is 2.00. The molecule has 0 amide bonds. The maximum absolute atomic E-state index is 13.0. The Hall–Kier alpha value is -2.38. The number of benzene rings is 2. The molecular weight excluding hydrogens is 314 g/mol. The third kappa shape index (κ3) is 3.10. The van der Waals surface area contributed by atoms with Gasteiger partial charge in [0.15, 0.2) is 0 Å². The number of aromatic hydroxyl groups is 2. The van der Waals surface area contributed by atoms with E-state index >= 15 is 0 Å². The van der Waals surface area contributed by atoms with Crippen molar-refractivity contribution in [2.45, 2.75) is 12.4 Å². The lowest BCUT2D eigenvalue weighted by Crippen LogP contribution is -2.11. The Morgan fingerprint density at radius 1 is 0.591 bits per heavy atom. The second-order valence-electron chi connectivity index (χ2n) is 4.46. The lowest BCUT2D eigenvalue weighted by molar-refractivity contribution is -0.139. The second kappa shape index (κ2) is 5.11. The minimum atomic E-state index is -4.92. The van der Waals surface area contributed by atoms with E-state index in [4.69, 9.17) is 0 Å². The summed E-state index contributed by atoms with van der Waals surface area (Å²) < 4.78 is 77.8. The van der Waals surface area contributed by atoms with E-state index in [1.165, 1.54) is 0 Å². The highest BCUT2D eigenvalue weighted by molar-refractivity contribution is 5.74. The zero-order valence-corrected chi connectivity index (χ0v) is 10.6. The van der Waals surface area contributed by atoms with Crippen LogP contribution in [0.4, 0.5) is 26.3 Å². The van der Waals surface area contributed by atoms with Crippen molar-refractivity contribution in [3.63, 3.8) is 0 Å². The monoisotopic (exact) mass is 322 g/mol. The summed E-state index contributed by atoms with van der Waals surface area (Å²) in [4.78, 5) is 0. The first-order valence-corrected chi connectivity index (χ1v) is 5.81. The van der Waals surface area contributed by atoms with Gasteiger partial charge in [0.1, 0.15) is 11.5 Å². The summed E-state index contributed by atoms with van der Waals surface area (Å²) in [5, 5.41) is 18.6. The molecule has 2 aromatic carbocycles. The van der Waals surface area contributed by atoms with E-state index < -0.39 is 46.1 Å². The third-order valence-corrected chi connectivity index (χ3v) is 2.91. The molecule has 2 aromatic rings. The summed E-state index contributed by atoms with van der Waals surface area (Å²) in [6, 6.07) is 3.56.